The van der Waals surface area contributed by atoms with E-state index in [1.807, 2.05) is 24.3 Å². The molecule has 1 aromatic heterocycles. The second-order valence-electron chi connectivity index (χ2n) is 8.90. The molecule has 1 saturated carbocycles. The van der Waals surface area contributed by atoms with E-state index < -0.39 is 32.1 Å². The van der Waals surface area contributed by atoms with Gasteiger partial charge in [0, 0.05) is 63.4 Å². The molecular weight excluding hydrogens is 488 g/mol. The number of anilines is 3. The molecule has 0 bridgehead atoms. The third kappa shape index (κ3) is 3.99. The Morgan fingerprint density at radius 3 is 2.24 bits per heavy atom. The number of alkyl halides is 2. The van der Waals surface area contributed by atoms with E-state index >= 15 is 0 Å². The monoisotopic (exact) mass is 513 g/mol. The fraction of sp³-hybridized carbons (Fsp3) is 0.476. The molecule has 3 heterocycles. The van der Waals surface area contributed by atoms with Gasteiger partial charge in [0.2, 0.25) is 10.0 Å². The number of halogens is 2. The number of benzene rings is 1. The van der Waals surface area contributed by atoms with E-state index in [0.717, 1.165) is 19.9 Å². The normalized spacial score (nSPS) is 23.8. The van der Waals surface area contributed by atoms with Crippen LogP contribution in [0.3, 0.4) is 0 Å². The Bertz CT molecular complexity index is 1330. The van der Waals surface area contributed by atoms with Gasteiger partial charge in [-0.15, -0.1) is 0 Å². The number of rotatable bonds is 5. The molecule has 1 unspecified atom stereocenters. The van der Waals surface area contributed by atoms with Crippen molar-refractivity contribution in [2.75, 3.05) is 59.5 Å². The van der Waals surface area contributed by atoms with Gasteiger partial charge >= 0.3 is 10.2 Å². The van der Waals surface area contributed by atoms with Crippen molar-refractivity contribution in [1.82, 2.24) is 9.29 Å². The third-order valence-corrected chi connectivity index (χ3v) is 9.69. The number of sulfonamides is 1. The Morgan fingerprint density at radius 2 is 1.68 bits per heavy atom. The molecule has 9 nitrogen and oxygen atoms in total. The molecule has 0 radical (unpaired) electrons. The highest BCUT2D eigenvalue weighted by atomic mass is 32.2. The summed E-state index contributed by atoms with van der Waals surface area (Å²) >= 11 is 0. The smallest absolute Gasteiger partial charge is 0.327 e. The molecule has 1 saturated heterocycles. The molecule has 0 amide bonds. The largest absolute Gasteiger partial charge is 0.369 e. The van der Waals surface area contributed by atoms with Crippen LogP contribution in [0.15, 0.2) is 36.4 Å². The zero-order valence-electron chi connectivity index (χ0n) is 18.7. The highest BCUT2D eigenvalue weighted by molar-refractivity contribution is 7.94. The molecule has 1 aliphatic carbocycles. The predicted molar refractivity (Wildman–Crippen MR) is 126 cm³/mol. The highest BCUT2D eigenvalue weighted by Crippen LogP contribution is 2.51. The van der Waals surface area contributed by atoms with Crippen molar-refractivity contribution in [3.63, 3.8) is 0 Å². The molecule has 1 aromatic carbocycles. The minimum Gasteiger partial charge on any atom is -0.369 e. The van der Waals surface area contributed by atoms with Gasteiger partial charge in [-0.1, -0.05) is 12.1 Å². The van der Waals surface area contributed by atoms with Crippen LogP contribution in [-0.2, 0) is 20.2 Å². The summed E-state index contributed by atoms with van der Waals surface area (Å²) in [5.74, 6) is -3.58. The first-order valence-electron chi connectivity index (χ1n) is 10.8. The van der Waals surface area contributed by atoms with Crippen LogP contribution in [0.4, 0.5) is 26.0 Å². The Hall–Kier alpha value is -2.51. The minimum atomic E-state index is -3.95. The lowest BCUT2D eigenvalue weighted by Gasteiger charge is -2.34. The second-order valence-corrected chi connectivity index (χ2v) is 12.8. The van der Waals surface area contributed by atoms with Gasteiger partial charge in [-0.05, 0) is 24.3 Å². The van der Waals surface area contributed by atoms with Crippen LogP contribution in [0.25, 0.3) is 11.3 Å². The Balaban J connectivity index is 1.35. The molecule has 5 rings (SSSR count). The maximum Gasteiger partial charge on any atom is 0.327 e. The van der Waals surface area contributed by atoms with E-state index in [-0.39, 0.29) is 18.8 Å². The first-order valence-corrected chi connectivity index (χ1v) is 14.1. The van der Waals surface area contributed by atoms with Gasteiger partial charge in [0.1, 0.15) is 0 Å². The molecule has 0 spiro atoms. The van der Waals surface area contributed by atoms with Crippen molar-refractivity contribution in [2.24, 2.45) is 5.92 Å². The number of fused-ring (bicyclic) bond motifs is 1. The van der Waals surface area contributed by atoms with Crippen LogP contribution < -0.4 is 13.5 Å². The quantitative estimate of drug-likeness (QED) is 0.607. The van der Waals surface area contributed by atoms with Crippen LogP contribution in [0.5, 0.6) is 0 Å². The van der Waals surface area contributed by atoms with Crippen molar-refractivity contribution in [3.05, 3.63) is 36.4 Å². The maximum absolute atomic E-state index is 13.4. The molecule has 2 aliphatic heterocycles. The van der Waals surface area contributed by atoms with Crippen LogP contribution in [-0.4, -0.2) is 78.1 Å². The fourth-order valence-electron chi connectivity index (χ4n) is 4.39. The van der Waals surface area contributed by atoms with Gasteiger partial charge in [-0.2, -0.15) is 12.7 Å². The molecule has 0 N–H and O–H groups in total. The Labute approximate surface area is 197 Å². The topological polar surface area (TPSA) is 94.1 Å². The summed E-state index contributed by atoms with van der Waals surface area (Å²) in [6.07, 6.45) is 0.906. The molecular formula is C21H25F2N5O4S2. The number of aromatic nitrogens is 1. The van der Waals surface area contributed by atoms with E-state index in [4.69, 9.17) is 0 Å². The maximum atomic E-state index is 13.4. The zero-order valence-corrected chi connectivity index (χ0v) is 20.4. The summed E-state index contributed by atoms with van der Waals surface area (Å²) in [7, 11) is -5.77. The summed E-state index contributed by atoms with van der Waals surface area (Å²) in [5, 5.41) is 0. The number of hydrogen-bond acceptors (Lipinski definition) is 6. The van der Waals surface area contributed by atoms with Crippen LogP contribution >= 0.6 is 0 Å². The molecule has 2 aromatic rings. The van der Waals surface area contributed by atoms with E-state index in [1.165, 1.54) is 17.6 Å². The summed E-state index contributed by atoms with van der Waals surface area (Å²) in [4.78, 5) is 6.63. The third-order valence-electron chi connectivity index (χ3n) is 6.62. The SMILES string of the molecule is CN1c2nc(-c3ccc(N4CCN(S(C)(=O)=O)CC4)cc3)ccc2N(CC2CC2(F)F)S1(=O)=O. The van der Waals surface area contributed by atoms with Gasteiger partial charge in [-0.3, -0.25) is 0 Å². The lowest BCUT2D eigenvalue weighted by atomic mass is 10.1. The highest BCUT2D eigenvalue weighted by Gasteiger charge is 2.59. The van der Waals surface area contributed by atoms with Crippen molar-refractivity contribution in [1.29, 1.82) is 0 Å². The van der Waals surface area contributed by atoms with Crippen molar-refractivity contribution < 1.29 is 25.6 Å². The predicted octanol–water partition coefficient (Wildman–Crippen LogP) is 1.99. The average Bonchev–Trinajstić information content (AvgIpc) is 3.36. The number of hydrogen-bond donors (Lipinski definition) is 0. The summed E-state index contributed by atoms with van der Waals surface area (Å²) in [5.41, 5.74) is 2.59. The average molecular weight is 514 g/mol. The standard InChI is InChI=1S/C21H25F2N5O4S2/c1-25-20-19(28(34(25,31)32)14-16-13-21(16,22)23)8-7-18(24-20)15-3-5-17(6-4-15)26-9-11-27(12-10-26)33(2,29)30/h3-8,16H,9-14H2,1-2H3. The van der Waals surface area contributed by atoms with Gasteiger partial charge in [-0.25, -0.2) is 30.8 Å². The first-order chi connectivity index (χ1) is 15.9. The van der Waals surface area contributed by atoms with E-state index in [9.17, 15) is 25.6 Å². The molecule has 34 heavy (non-hydrogen) atoms. The summed E-state index contributed by atoms with van der Waals surface area (Å²) < 4.78 is 79.3. The summed E-state index contributed by atoms with van der Waals surface area (Å²) in [6, 6.07) is 10.9. The minimum absolute atomic E-state index is 0.211. The number of pyridine rings is 1. The number of piperazine rings is 1. The van der Waals surface area contributed by atoms with Gasteiger partial charge in [0.15, 0.2) is 5.82 Å². The second kappa shape index (κ2) is 7.75. The molecule has 1 atom stereocenters. The lowest BCUT2D eigenvalue weighted by Crippen LogP contribution is -2.48. The summed E-state index contributed by atoms with van der Waals surface area (Å²) in [6.45, 7) is 1.76. The van der Waals surface area contributed by atoms with E-state index in [1.54, 1.807) is 12.1 Å². The number of nitrogens with zero attached hydrogens (tertiary/aromatic N) is 5. The van der Waals surface area contributed by atoms with Gasteiger partial charge < -0.3 is 4.90 Å². The lowest BCUT2D eigenvalue weighted by molar-refractivity contribution is 0.101. The van der Waals surface area contributed by atoms with Gasteiger partial charge in [0.25, 0.3) is 5.92 Å². The Kier molecular flexibility index (Phi) is 5.30. The van der Waals surface area contributed by atoms with E-state index in [2.05, 4.69) is 9.88 Å². The molecule has 3 aliphatic rings. The first kappa shape index (κ1) is 23.2. The zero-order chi connectivity index (χ0) is 24.5. The van der Waals surface area contributed by atoms with Crippen LogP contribution in [0.2, 0.25) is 0 Å². The molecule has 2 fully saturated rings. The van der Waals surface area contributed by atoms with Crippen molar-refractivity contribution in [3.8, 4) is 11.3 Å². The fourth-order valence-corrected chi connectivity index (χ4v) is 6.63. The van der Waals surface area contributed by atoms with Crippen LogP contribution in [0, 0.1) is 5.92 Å². The van der Waals surface area contributed by atoms with E-state index in [0.29, 0.717) is 37.6 Å². The van der Waals surface area contributed by atoms with Crippen LogP contribution in [0.1, 0.15) is 6.42 Å². The van der Waals surface area contributed by atoms with Crippen molar-refractivity contribution in [2.45, 2.75) is 12.3 Å². The Morgan fingerprint density at radius 1 is 1.06 bits per heavy atom. The molecule has 13 heteroatoms. The molecule has 184 valence electrons. The van der Waals surface area contributed by atoms with Crippen molar-refractivity contribution >= 4 is 37.4 Å². The van der Waals surface area contributed by atoms with Gasteiger partial charge in [0.05, 0.1) is 17.6 Å².